The van der Waals surface area contributed by atoms with E-state index in [0.29, 0.717) is 11.4 Å². The zero-order valence-electron chi connectivity index (χ0n) is 21.2. The Morgan fingerprint density at radius 2 is 1.70 bits per heavy atom. The van der Waals surface area contributed by atoms with Crippen LogP contribution in [-0.4, -0.2) is 37.6 Å². The zero-order valence-corrected chi connectivity index (χ0v) is 21.2. The molecule has 1 aromatic heterocycles. The molecule has 8 nitrogen and oxygen atoms in total. The normalized spacial score (nSPS) is 25.8. The predicted molar refractivity (Wildman–Crippen MR) is 138 cm³/mol. The van der Waals surface area contributed by atoms with Crippen LogP contribution in [0.15, 0.2) is 42.5 Å². The van der Waals surface area contributed by atoms with Gasteiger partial charge in [0.05, 0.1) is 23.5 Å². The number of carbonyl (C=O) groups excluding carboxylic acids is 1. The molecule has 4 fully saturated rings. The monoisotopic (exact) mass is 500 g/mol. The molecule has 2 N–H and O–H groups in total. The summed E-state index contributed by atoms with van der Waals surface area (Å²) in [5, 5.41) is 21.5. The molecular formula is C29H32N4O4. The molecule has 0 radical (unpaired) electrons. The van der Waals surface area contributed by atoms with Gasteiger partial charge in [-0.05, 0) is 106 Å². The fourth-order valence-corrected chi connectivity index (χ4v) is 7.02. The van der Waals surface area contributed by atoms with Crippen LogP contribution in [0.3, 0.4) is 0 Å². The number of rotatable bonds is 7. The van der Waals surface area contributed by atoms with Gasteiger partial charge >= 0.3 is 5.97 Å². The lowest BCUT2D eigenvalue weighted by Crippen LogP contribution is -2.51. The summed E-state index contributed by atoms with van der Waals surface area (Å²) in [6.45, 7) is 4.26. The van der Waals surface area contributed by atoms with Crippen molar-refractivity contribution in [2.45, 2.75) is 64.6 Å². The first-order chi connectivity index (χ1) is 17.8. The number of hydrogen-bond acceptors (Lipinski definition) is 5. The van der Waals surface area contributed by atoms with Gasteiger partial charge in [0.1, 0.15) is 5.69 Å². The van der Waals surface area contributed by atoms with Crippen LogP contribution in [0.1, 0.15) is 76.2 Å². The van der Waals surface area contributed by atoms with Gasteiger partial charge in [-0.1, -0.05) is 18.2 Å². The number of carbonyl (C=O) groups is 2. The van der Waals surface area contributed by atoms with Crippen LogP contribution in [0.4, 0.5) is 5.69 Å². The van der Waals surface area contributed by atoms with Crippen LogP contribution in [-0.2, 0) is 11.3 Å². The molecule has 4 aliphatic rings. The van der Waals surface area contributed by atoms with Crippen LogP contribution in [0.2, 0.25) is 0 Å². The second kappa shape index (κ2) is 9.10. The van der Waals surface area contributed by atoms with Crippen molar-refractivity contribution in [3.8, 4) is 5.69 Å². The molecule has 0 unspecified atom stereocenters. The molecule has 8 heteroatoms. The average Bonchev–Trinajstić information content (AvgIpc) is 3.28. The Morgan fingerprint density at radius 1 is 1.03 bits per heavy atom. The van der Waals surface area contributed by atoms with Gasteiger partial charge in [0.25, 0.3) is 5.91 Å². The molecule has 0 aliphatic heterocycles. The fourth-order valence-electron chi connectivity index (χ4n) is 7.02. The predicted octanol–water partition coefficient (Wildman–Crippen LogP) is 5.32. The highest BCUT2D eigenvalue weighted by atomic mass is 16.5. The Bertz CT molecular complexity index is 1340. The van der Waals surface area contributed by atoms with Gasteiger partial charge in [0, 0.05) is 5.69 Å². The number of anilines is 1. The summed E-state index contributed by atoms with van der Waals surface area (Å²) < 4.78 is 6.65. The first-order valence-corrected chi connectivity index (χ1v) is 13.1. The minimum atomic E-state index is -1.05. The molecule has 0 atom stereocenters. The Labute approximate surface area is 216 Å². The molecule has 0 spiro atoms. The Kier molecular flexibility index (Phi) is 5.87. The number of hydrogen-bond donors (Lipinski definition) is 2. The van der Waals surface area contributed by atoms with E-state index in [-0.39, 0.29) is 23.5 Å². The van der Waals surface area contributed by atoms with E-state index in [0.717, 1.165) is 53.8 Å². The second-order valence-electron chi connectivity index (χ2n) is 11.2. The number of nitrogens with zero attached hydrogens (tertiary/aromatic N) is 3. The number of ether oxygens (including phenoxy) is 1. The lowest BCUT2D eigenvalue weighted by molar-refractivity contribution is -0.169. The molecule has 192 valence electrons. The SMILES string of the molecule is Cc1cccc(-n2nc(COC34CC5CC(CC(C5)C3)C4)c(C(=O)Nc3cccc(C(=O)O)c3)n2)c1C. The van der Waals surface area contributed by atoms with E-state index in [4.69, 9.17) is 9.84 Å². The van der Waals surface area contributed by atoms with Crippen molar-refractivity contribution in [1.82, 2.24) is 15.0 Å². The third-order valence-corrected chi connectivity index (χ3v) is 8.55. The molecule has 3 aromatic rings. The summed E-state index contributed by atoms with van der Waals surface area (Å²) >= 11 is 0. The van der Waals surface area contributed by atoms with Gasteiger partial charge in [0.15, 0.2) is 5.69 Å². The maximum atomic E-state index is 13.4. The third kappa shape index (κ3) is 4.55. The first-order valence-electron chi connectivity index (χ1n) is 13.1. The highest BCUT2D eigenvalue weighted by molar-refractivity contribution is 6.04. The van der Waals surface area contributed by atoms with Gasteiger partial charge in [-0.25, -0.2) is 4.79 Å². The lowest BCUT2D eigenvalue weighted by Gasteiger charge is -2.56. The molecule has 0 saturated heterocycles. The molecule has 37 heavy (non-hydrogen) atoms. The van der Waals surface area contributed by atoms with Crippen molar-refractivity contribution < 1.29 is 19.4 Å². The summed E-state index contributed by atoms with van der Waals surface area (Å²) in [7, 11) is 0. The Balaban J connectivity index is 1.30. The van der Waals surface area contributed by atoms with Gasteiger partial charge in [-0.3, -0.25) is 4.79 Å². The summed E-state index contributed by atoms with van der Waals surface area (Å²) in [4.78, 5) is 26.3. The molecule has 4 bridgehead atoms. The Morgan fingerprint density at radius 3 is 2.38 bits per heavy atom. The highest BCUT2D eigenvalue weighted by Gasteiger charge is 2.51. The van der Waals surface area contributed by atoms with E-state index in [1.807, 2.05) is 32.0 Å². The Hall–Kier alpha value is -3.52. The largest absolute Gasteiger partial charge is 0.478 e. The van der Waals surface area contributed by atoms with Crippen molar-refractivity contribution in [3.05, 3.63) is 70.5 Å². The number of nitrogens with one attached hydrogen (secondary N) is 1. The fraction of sp³-hybridized carbons (Fsp3) is 0.448. The van der Waals surface area contributed by atoms with Crippen molar-refractivity contribution in [1.29, 1.82) is 0 Å². The molecule has 7 rings (SSSR count). The maximum Gasteiger partial charge on any atom is 0.335 e. The van der Waals surface area contributed by atoms with Crippen LogP contribution in [0.5, 0.6) is 0 Å². The quantitative estimate of drug-likeness (QED) is 0.455. The van der Waals surface area contributed by atoms with Gasteiger partial charge < -0.3 is 15.2 Å². The van der Waals surface area contributed by atoms with Crippen LogP contribution in [0.25, 0.3) is 5.69 Å². The molecule has 4 saturated carbocycles. The van der Waals surface area contributed by atoms with E-state index in [1.165, 1.54) is 36.2 Å². The molecule has 1 amide bonds. The third-order valence-electron chi connectivity index (χ3n) is 8.55. The van der Waals surface area contributed by atoms with Crippen LogP contribution >= 0.6 is 0 Å². The zero-order chi connectivity index (χ0) is 25.7. The number of aromatic nitrogens is 3. The van der Waals surface area contributed by atoms with Gasteiger partial charge in [-0.2, -0.15) is 4.80 Å². The summed E-state index contributed by atoms with van der Waals surface area (Å²) in [5.41, 5.74) is 3.99. The second-order valence-corrected chi connectivity index (χ2v) is 11.2. The lowest BCUT2D eigenvalue weighted by atomic mass is 9.54. The van der Waals surface area contributed by atoms with E-state index >= 15 is 0 Å². The first kappa shape index (κ1) is 23.9. The van der Waals surface area contributed by atoms with Crippen molar-refractivity contribution in [3.63, 3.8) is 0 Å². The number of aromatic carboxylic acids is 1. The van der Waals surface area contributed by atoms with E-state index < -0.39 is 11.9 Å². The smallest absolute Gasteiger partial charge is 0.335 e. The van der Waals surface area contributed by atoms with E-state index in [9.17, 15) is 14.7 Å². The van der Waals surface area contributed by atoms with E-state index in [2.05, 4.69) is 10.4 Å². The van der Waals surface area contributed by atoms with Gasteiger partial charge in [-0.15, -0.1) is 10.2 Å². The number of amides is 1. The summed E-state index contributed by atoms with van der Waals surface area (Å²) in [6, 6.07) is 12.1. The van der Waals surface area contributed by atoms with Crippen molar-refractivity contribution >= 4 is 17.6 Å². The minimum Gasteiger partial charge on any atom is -0.478 e. The molecule has 4 aliphatic carbocycles. The van der Waals surface area contributed by atoms with E-state index in [1.54, 1.807) is 12.1 Å². The maximum absolute atomic E-state index is 13.4. The highest BCUT2D eigenvalue weighted by Crippen LogP contribution is 2.57. The van der Waals surface area contributed by atoms with Crippen LogP contribution < -0.4 is 5.32 Å². The molecule has 1 heterocycles. The van der Waals surface area contributed by atoms with Crippen molar-refractivity contribution in [2.24, 2.45) is 17.8 Å². The molecule has 2 aromatic carbocycles. The number of benzene rings is 2. The van der Waals surface area contributed by atoms with Gasteiger partial charge in [0.2, 0.25) is 0 Å². The molecular weight excluding hydrogens is 468 g/mol. The summed E-state index contributed by atoms with van der Waals surface area (Å²) in [5.74, 6) is 0.758. The summed E-state index contributed by atoms with van der Waals surface area (Å²) in [6.07, 6.45) is 7.26. The van der Waals surface area contributed by atoms with Crippen LogP contribution in [0, 0.1) is 31.6 Å². The standard InChI is InChI=1S/C29H32N4O4/c1-17-5-3-8-25(18(17)2)33-31-24(16-37-29-13-19-9-20(14-29)11-21(10-19)15-29)26(32-33)27(34)30-23-7-4-6-22(12-23)28(35)36/h3-8,12,19-21H,9-11,13-16H2,1-2H3,(H,30,34)(H,35,36). The average molecular weight is 501 g/mol. The topological polar surface area (TPSA) is 106 Å². The minimum absolute atomic E-state index is 0.0993. The number of carboxylic acid groups (broad SMARTS) is 1. The number of aryl methyl sites for hydroxylation is 1. The van der Waals surface area contributed by atoms with Crippen molar-refractivity contribution in [2.75, 3.05) is 5.32 Å². The number of carboxylic acids is 1.